The molecule has 0 unspecified atom stereocenters. The molecule has 0 saturated carbocycles. The van der Waals surface area contributed by atoms with Gasteiger partial charge in [0.1, 0.15) is 17.1 Å². The molecule has 0 saturated heterocycles. The third-order valence-electron chi connectivity index (χ3n) is 2.33. The zero-order chi connectivity index (χ0) is 14.4. The molecule has 2 N–H and O–H groups in total. The minimum atomic E-state index is -0.511. The van der Waals surface area contributed by atoms with Crippen LogP contribution in [0.5, 0.6) is 11.5 Å². The van der Waals surface area contributed by atoms with Crippen LogP contribution in [0.2, 0.25) is 0 Å². The van der Waals surface area contributed by atoms with Gasteiger partial charge in [-0.2, -0.15) is 0 Å². The van der Waals surface area contributed by atoms with Gasteiger partial charge in [-0.15, -0.1) is 0 Å². The van der Waals surface area contributed by atoms with Gasteiger partial charge >= 0.3 is 0 Å². The molecule has 1 aromatic rings. The average molecular weight is 331 g/mol. The molecule has 0 heterocycles. The second-order valence-corrected chi connectivity index (χ2v) is 4.46. The first kappa shape index (κ1) is 15.3. The summed E-state index contributed by atoms with van der Waals surface area (Å²) < 4.78 is 11.0. The van der Waals surface area contributed by atoms with Crippen LogP contribution in [-0.2, 0) is 4.79 Å². The van der Waals surface area contributed by atoms with Crippen molar-refractivity contribution >= 4 is 27.7 Å². The van der Waals surface area contributed by atoms with E-state index in [4.69, 9.17) is 9.47 Å². The van der Waals surface area contributed by atoms with Gasteiger partial charge in [0.05, 0.1) is 14.2 Å². The van der Waals surface area contributed by atoms with Crippen LogP contribution in [0.25, 0.3) is 0 Å². The molecule has 1 aromatic carbocycles. The highest BCUT2D eigenvalue weighted by molar-refractivity contribution is 9.10. The van der Waals surface area contributed by atoms with Gasteiger partial charge in [0.25, 0.3) is 5.91 Å². The van der Waals surface area contributed by atoms with Gasteiger partial charge in [0, 0.05) is 10.9 Å². The summed E-state index contributed by atoms with van der Waals surface area (Å²) >= 11 is 3.29. The number of methoxy groups -OCH3 is 2. The number of hydrazine groups is 1. The fourth-order valence-corrected chi connectivity index (χ4v) is 1.80. The number of hydrogen-bond acceptors (Lipinski definition) is 4. The lowest BCUT2D eigenvalue weighted by Gasteiger charge is -2.14. The first-order valence-electron chi connectivity index (χ1n) is 5.54. The molecule has 6 nitrogen and oxygen atoms in total. The number of rotatable bonds is 4. The van der Waals surface area contributed by atoms with Crippen molar-refractivity contribution in [3.63, 3.8) is 0 Å². The van der Waals surface area contributed by atoms with Crippen LogP contribution in [0, 0.1) is 0 Å². The van der Waals surface area contributed by atoms with E-state index >= 15 is 0 Å². The van der Waals surface area contributed by atoms with E-state index in [1.165, 1.54) is 14.2 Å². The van der Waals surface area contributed by atoms with Gasteiger partial charge < -0.3 is 9.47 Å². The quantitative estimate of drug-likeness (QED) is 0.823. The monoisotopic (exact) mass is 330 g/mol. The van der Waals surface area contributed by atoms with Crippen LogP contribution in [0.4, 0.5) is 0 Å². The molecule has 0 aliphatic heterocycles. The van der Waals surface area contributed by atoms with Crippen molar-refractivity contribution in [2.45, 2.75) is 13.3 Å². The summed E-state index contributed by atoms with van der Waals surface area (Å²) in [5.41, 5.74) is 4.80. The largest absolute Gasteiger partial charge is 0.496 e. The fourth-order valence-electron chi connectivity index (χ4n) is 1.38. The Labute approximate surface area is 119 Å². The smallest absolute Gasteiger partial charge is 0.277 e. The van der Waals surface area contributed by atoms with E-state index in [9.17, 15) is 9.59 Å². The summed E-state index contributed by atoms with van der Waals surface area (Å²) in [5, 5.41) is 0. The van der Waals surface area contributed by atoms with Crippen molar-refractivity contribution in [1.29, 1.82) is 0 Å². The predicted molar refractivity (Wildman–Crippen MR) is 73.1 cm³/mol. The minimum Gasteiger partial charge on any atom is -0.496 e. The zero-order valence-electron chi connectivity index (χ0n) is 10.9. The lowest BCUT2D eigenvalue weighted by Crippen LogP contribution is -2.41. The molecule has 0 aromatic heterocycles. The number of carbonyl (C=O) groups is 2. The highest BCUT2D eigenvalue weighted by Crippen LogP contribution is 2.32. The van der Waals surface area contributed by atoms with Gasteiger partial charge in [-0.1, -0.05) is 22.9 Å². The number of ether oxygens (including phenoxy) is 2. The van der Waals surface area contributed by atoms with Gasteiger partial charge in [0.15, 0.2) is 0 Å². The molecule has 7 heteroatoms. The van der Waals surface area contributed by atoms with Crippen LogP contribution in [-0.4, -0.2) is 26.0 Å². The molecule has 0 aliphatic rings. The highest BCUT2D eigenvalue weighted by Gasteiger charge is 2.19. The first-order valence-corrected chi connectivity index (χ1v) is 6.33. The number of carbonyl (C=O) groups excluding carboxylic acids is 2. The molecule has 0 aliphatic carbocycles. The SMILES string of the molecule is CCC(=O)NNC(=O)c1c(OC)cc(Br)cc1OC. The van der Waals surface area contributed by atoms with Crippen molar-refractivity contribution in [3.05, 3.63) is 22.2 Å². The maximum absolute atomic E-state index is 12.0. The molecule has 2 amide bonds. The normalized spacial score (nSPS) is 9.68. The summed E-state index contributed by atoms with van der Waals surface area (Å²) in [6.07, 6.45) is 0.273. The van der Waals surface area contributed by atoms with Gasteiger partial charge in [-0.25, -0.2) is 0 Å². The van der Waals surface area contributed by atoms with Crippen molar-refractivity contribution in [3.8, 4) is 11.5 Å². The lowest BCUT2D eigenvalue weighted by molar-refractivity contribution is -0.121. The third-order valence-corrected chi connectivity index (χ3v) is 2.79. The third kappa shape index (κ3) is 3.85. The molecular formula is C12H15BrN2O4. The molecule has 104 valence electrons. The first-order chi connectivity index (χ1) is 9.03. The van der Waals surface area contributed by atoms with E-state index in [1.54, 1.807) is 19.1 Å². The van der Waals surface area contributed by atoms with Crippen molar-refractivity contribution in [2.75, 3.05) is 14.2 Å². The summed E-state index contributed by atoms with van der Waals surface area (Å²) in [5.74, 6) is -0.115. The van der Waals surface area contributed by atoms with Crippen LogP contribution < -0.4 is 20.3 Å². The van der Waals surface area contributed by atoms with Crippen LogP contribution >= 0.6 is 15.9 Å². The molecule has 0 radical (unpaired) electrons. The predicted octanol–water partition coefficient (Wildman–Crippen LogP) is 1.64. The number of amides is 2. The topological polar surface area (TPSA) is 76.7 Å². The number of hydrogen-bond donors (Lipinski definition) is 2. The average Bonchev–Trinajstić information content (AvgIpc) is 2.42. The second kappa shape index (κ2) is 6.98. The van der Waals surface area contributed by atoms with Crippen LogP contribution in [0.15, 0.2) is 16.6 Å². The standard InChI is InChI=1S/C12H15BrN2O4/c1-4-10(16)14-15-12(17)11-8(18-2)5-7(13)6-9(11)19-3/h5-6H,4H2,1-3H3,(H,14,16)(H,15,17). The molecule has 0 atom stereocenters. The Morgan fingerprint density at radius 3 is 2.11 bits per heavy atom. The molecular weight excluding hydrogens is 316 g/mol. The summed E-state index contributed by atoms with van der Waals surface area (Å²) in [6.45, 7) is 1.68. The van der Waals surface area contributed by atoms with E-state index in [0.29, 0.717) is 11.5 Å². The Morgan fingerprint density at radius 1 is 1.16 bits per heavy atom. The molecule has 0 fully saturated rings. The Bertz CT molecular complexity index is 466. The fraction of sp³-hybridized carbons (Fsp3) is 0.333. The Hall–Kier alpha value is -1.76. The Balaban J connectivity index is 3.03. The molecule has 0 bridgehead atoms. The van der Waals surface area contributed by atoms with Crippen molar-refractivity contribution in [2.24, 2.45) is 0 Å². The Kier molecular flexibility index (Phi) is 5.62. The van der Waals surface area contributed by atoms with E-state index < -0.39 is 5.91 Å². The van der Waals surface area contributed by atoms with E-state index in [1.807, 2.05) is 0 Å². The van der Waals surface area contributed by atoms with Crippen molar-refractivity contribution < 1.29 is 19.1 Å². The summed E-state index contributed by atoms with van der Waals surface area (Å²) in [4.78, 5) is 23.1. The molecule has 0 spiro atoms. The van der Waals surface area contributed by atoms with E-state index in [-0.39, 0.29) is 17.9 Å². The van der Waals surface area contributed by atoms with Crippen LogP contribution in [0.3, 0.4) is 0 Å². The van der Waals surface area contributed by atoms with Gasteiger partial charge in [0.2, 0.25) is 5.91 Å². The van der Waals surface area contributed by atoms with E-state index in [0.717, 1.165) is 4.47 Å². The number of halogens is 1. The van der Waals surface area contributed by atoms with Crippen molar-refractivity contribution in [1.82, 2.24) is 10.9 Å². The van der Waals surface area contributed by atoms with E-state index in [2.05, 4.69) is 26.8 Å². The summed E-state index contributed by atoms with van der Waals surface area (Å²) in [6, 6.07) is 3.28. The summed E-state index contributed by atoms with van der Waals surface area (Å²) in [7, 11) is 2.89. The number of nitrogens with one attached hydrogen (secondary N) is 2. The Morgan fingerprint density at radius 2 is 1.68 bits per heavy atom. The van der Waals surface area contributed by atoms with Gasteiger partial charge in [-0.3, -0.25) is 20.4 Å². The maximum atomic E-state index is 12.0. The zero-order valence-corrected chi connectivity index (χ0v) is 12.5. The molecule has 19 heavy (non-hydrogen) atoms. The second-order valence-electron chi connectivity index (χ2n) is 3.54. The number of benzene rings is 1. The lowest BCUT2D eigenvalue weighted by atomic mass is 10.1. The van der Waals surface area contributed by atoms with Gasteiger partial charge in [-0.05, 0) is 12.1 Å². The van der Waals surface area contributed by atoms with Crippen LogP contribution in [0.1, 0.15) is 23.7 Å². The maximum Gasteiger partial charge on any atom is 0.277 e. The molecule has 1 rings (SSSR count). The highest BCUT2D eigenvalue weighted by atomic mass is 79.9. The minimum absolute atomic E-state index is 0.213.